The molecule has 0 spiro atoms. The van der Waals surface area contributed by atoms with Crippen molar-refractivity contribution in [2.75, 3.05) is 6.61 Å². The summed E-state index contributed by atoms with van der Waals surface area (Å²) in [6.45, 7) is 5.37. The van der Waals surface area contributed by atoms with Crippen LogP contribution in [0, 0.1) is 5.92 Å². The molecule has 1 aliphatic rings. The van der Waals surface area contributed by atoms with Crippen LogP contribution in [-0.2, 0) is 4.74 Å². The van der Waals surface area contributed by atoms with Crippen molar-refractivity contribution >= 4 is 0 Å². The summed E-state index contributed by atoms with van der Waals surface area (Å²) >= 11 is 0. The summed E-state index contributed by atoms with van der Waals surface area (Å²) in [4.78, 5) is 0. The topological polar surface area (TPSA) is 21.3 Å². The van der Waals surface area contributed by atoms with Gasteiger partial charge in [0.15, 0.2) is 0 Å². The van der Waals surface area contributed by atoms with Crippen LogP contribution in [0.1, 0.15) is 52.9 Å². The summed E-state index contributed by atoms with van der Waals surface area (Å²) in [7, 11) is 0. The molecule has 0 bridgehead atoms. The molecule has 5 heteroatoms. The van der Waals surface area contributed by atoms with Gasteiger partial charge in [-0.15, -0.1) is 0 Å². The van der Waals surface area contributed by atoms with Crippen LogP contribution in [0.5, 0.6) is 0 Å². The fraction of sp³-hybridized carbons (Fsp3) is 1.00. The second kappa shape index (κ2) is 7.48. The normalized spacial score (nSPS) is 26.7. The lowest BCUT2D eigenvalue weighted by Gasteiger charge is -2.32. The van der Waals surface area contributed by atoms with Crippen LogP contribution in [0.3, 0.4) is 0 Å². The third-order valence-electron chi connectivity index (χ3n) is 3.45. The molecule has 0 amide bonds. The molecule has 1 N–H and O–H groups in total. The Kier molecular flexibility index (Phi) is 6.60. The average molecular weight is 281 g/mol. The van der Waals surface area contributed by atoms with Crippen molar-refractivity contribution in [3.05, 3.63) is 0 Å². The number of ether oxygens (including phenoxy) is 1. The van der Waals surface area contributed by atoms with Gasteiger partial charge in [0.2, 0.25) is 0 Å². The van der Waals surface area contributed by atoms with Gasteiger partial charge in [0, 0.05) is 12.1 Å². The first-order chi connectivity index (χ1) is 8.76. The molecule has 0 aromatic heterocycles. The third-order valence-corrected chi connectivity index (χ3v) is 3.45. The van der Waals surface area contributed by atoms with E-state index in [1.54, 1.807) is 0 Å². The van der Waals surface area contributed by atoms with Gasteiger partial charge < -0.3 is 10.1 Å². The smallest absolute Gasteiger partial charge is 0.369 e. The highest BCUT2D eigenvalue weighted by Gasteiger charge is 2.31. The summed E-state index contributed by atoms with van der Waals surface area (Å²) in [5.74, 6) is 0.628. The van der Waals surface area contributed by atoms with E-state index >= 15 is 0 Å². The molecule has 3 unspecified atom stereocenters. The van der Waals surface area contributed by atoms with Crippen LogP contribution in [0.15, 0.2) is 0 Å². The molecule has 1 fully saturated rings. The summed E-state index contributed by atoms with van der Waals surface area (Å²) < 4.78 is 41.3. The van der Waals surface area contributed by atoms with Crippen LogP contribution in [0.25, 0.3) is 0 Å². The molecule has 1 saturated carbocycles. The molecule has 2 nitrogen and oxygen atoms in total. The maximum atomic E-state index is 12.1. The predicted molar refractivity (Wildman–Crippen MR) is 70.1 cm³/mol. The Morgan fingerprint density at radius 1 is 1.21 bits per heavy atom. The maximum Gasteiger partial charge on any atom is 0.411 e. The Labute approximate surface area is 114 Å². The molecule has 19 heavy (non-hydrogen) atoms. The minimum absolute atomic E-state index is 0.251. The Bertz CT molecular complexity index is 256. The summed E-state index contributed by atoms with van der Waals surface area (Å²) in [6, 6.07) is 0.701. The quantitative estimate of drug-likeness (QED) is 0.797. The van der Waals surface area contributed by atoms with Gasteiger partial charge in [-0.2, -0.15) is 13.2 Å². The van der Waals surface area contributed by atoms with Crippen molar-refractivity contribution in [1.29, 1.82) is 0 Å². The lowest BCUT2D eigenvalue weighted by Crippen LogP contribution is -2.42. The summed E-state index contributed by atoms with van der Waals surface area (Å²) in [5.41, 5.74) is 0. The molecule has 1 aliphatic carbocycles. The number of hydrogen-bond acceptors (Lipinski definition) is 2. The first kappa shape index (κ1) is 16.8. The number of rotatable bonds is 6. The van der Waals surface area contributed by atoms with E-state index in [-0.39, 0.29) is 6.10 Å². The Hall–Kier alpha value is -0.290. The van der Waals surface area contributed by atoms with Gasteiger partial charge in [-0.05, 0) is 44.9 Å². The van der Waals surface area contributed by atoms with Crippen molar-refractivity contribution in [2.24, 2.45) is 5.92 Å². The van der Waals surface area contributed by atoms with Crippen molar-refractivity contribution in [1.82, 2.24) is 5.32 Å². The molecule has 0 aliphatic heterocycles. The Balaban J connectivity index is 2.29. The van der Waals surface area contributed by atoms with Gasteiger partial charge in [0.05, 0.1) is 6.10 Å². The van der Waals surface area contributed by atoms with E-state index in [0.29, 0.717) is 24.4 Å². The van der Waals surface area contributed by atoms with Crippen molar-refractivity contribution in [3.63, 3.8) is 0 Å². The van der Waals surface area contributed by atoms with Gasteiger partial charge >= 0.3 is 6.18 Å². The average Bonchev–Trinajstić information content (AvgIpc) is 2.24. The Morgan fingerprint density at radius 3 is 2.47 bits per heavy atom. The zero-order chi connectivity index (χ0) is 14.5. The summed E-state index contributed by atoms with van der Waals surface area (Å²) in [5, 5.41) is 3.52. The lowest BCUT2D eigenvalue weighted by atomic mass is 9.91. The van der Waals surface area contributed by atoms with Gasteiger partial charge in [-0.25, -0.2) is 0 Å². The molecule has 3 atom stereocenters. The van der Waals surface area contributed by atoms with Gasteiger partial charge in [-0.3, -0.25) is 0 Å². The first-order valence-corrected chi connectivity index (χ1v) is 7.20. The van der Waals surface area contributed by atoms with Crippen molar-refractivity contribution < 1.29 is 17.9 Å². The Morgan fingerprint density at radius 2 is 1.89 bits per heavy atom. The molecule has 0 aromatic rings. The standard InChI is InChI=1S/C14H26F3NO/c1-10(2)7-11(3)18-12-5-4-6-13(8-12)19-9-14(15,16)17/h10-13,18H,4-9H2,1-3H3. The highest BCUT2D eigenvalue weighted by molar-refractivity contribution is 4.81. The van der Waals surface area contributed by atoms with Gasteiger partial charge in [0.25, 0.3) is 0 Å². The zero-order valence-corrected chi connectivity index (χ0v) is 12.1. The highest BCUT2D eigenvalue weighted by Crippen LogP contribution is 2.24. The largest absolute Gasteiger partial charge is 0.411 e. The van der Waals surface area contributed by atoms with Crippen molar-refractivity contribution in [3.8, 4) is 0 Å². The minimum atomic E-state index is -4.22. The highest BCUT2D eigenvalue weighted by atomic mass is 19.4. The van der Waals surface area contributed by atoms with E-state index in [1.165, 1.54) is 0 Å². The van der Waals surface area contributed by atoms with E-state index in [9.17, 15) is 13.2 Å². The maximum absolute atomic E-state index is 12.1. The fourth-order valence-corrected chi connectivity index (χ4v) is 2.84. The number of alkyl halides is 3. The van der Waals surface area contributed by atoms with E-state index in [4.69, 9.17) is 4.74 Å². The molecule has 0 aromatic carbocycles. The van der Waals surface area contributed by atoms with Gasteiger partial charge in [0.1, 0.15) is 6.61 Å². The first-order valence-electron chi connectivity index (χ1n) is 7.20. The molecule has 0 radical (unpaired) electrons. The van der Waals surface area contributed by atoms with Crippen LogP contribution < -0.4 is 5.32 Å². The van der Waals surface area contributed by atoms with Crippen LogP contribution in [0.2, 0.25) is 0 Å². The molecular weight excluding hydrogens is 255 g/mol. The third kappa shape index (κ3) is 7.78. The number of halogens is 3. The molecule has 0 heterocycles. The molecule has 0 saturated heterocycles. The van der Waals surface area contributed by atoms with Crippen LogP contribution in [-0.4, -0.2) is 31.0 Å². The zero-order valence-electron chi connectivity index (χ0n) is 12.1. The van der Waals surface area contributed by atoms with Crippen LogP contribution >= 0.6 is 0 Å². The second-order valence-electron chi connectivity index (χ2n) is 6.11. The minimum Gasteiger partial charge on any atom is -0.369 e. The molecular formula is C14H26F3NO. The second-order valence-corrected chi connectivity index (χ2v) is 6.11. The monoisotopic (exact) mass is 281 g/mol. The number of hydrogen-bond donors (Lipinski definition) is 1. The summed E-state index contributed by atoms with van der Waals surface area (Å²) in [6.07, 6.45) is 0.0311. The van der Waals surface area contributed by atoms with Crippen molar-refractivity contribution in [2.45, 2.75) is 77.2 Å². The van der Waals surface area contributed by atoms with Gasteiger partial charge in [-0.1, -0.05) is 13.8 Å². The predicted octanol–water partition coefficient (Wildman–Crippen LogP) is 3.90. The van der Waals surface area contributed by atoms with E-state index in [2.05, 4.69) is 26.1 Å². The van der Waals surface area contributed by atoms with E-state index < -0.39 is 12.8 Å². The molecule has 114 valence electrons. The number of nitrogens with one attached hydrogen (secondary N) is 1. The molecule has 1 rings (SSSR count). The van der Waals surface area contributed by atoms with E-state index in [1.807, 2.05) is 0 Å². The SMILES string of the molecule is CC(C)CC(C)NC1CCCC(OCC(F)(F)F)C1. The fourth-order valence-electron chi connectivity index (χ4n) is 2.84. The lowest BCUT2D eigenvalue weighted by molar-refractivity contribution is -0.188. The van der Waals surface area contributed by atoms with Crippen LogP contribution in [0.4, 0.5) is 13.2 Å². The van der Waals surface area contributed by atoms with E-state index in [0.717, 1.165) is 25.7 Å².